The Morgan fingerprint density at radius 3 is 1.26 bits per heavy atom. The lowest BCUT2D eigenvalue weighted by molar-refractivity contribution is -0.133. The highest BCUT2D eigenvalue weighted by atomic mass is 16.5. The van der Waals surface area contributed by atoms with Crippen LogP contribution in [0.15, 0.2) is 121 Å². The topological polar surface area (TPSA) is 105 Å². The molecule has 6 aromatic carbocycles. The van der Waals surface area contributed by atoms with Crippen LogP contribution in [0.2, 0.25) is 0 Å². The van der Waals surface area contributed by atoms with E-state index in [2.05, 4.69) is 45.9 Å². The lowest BCUT2D eigenvalue weighted by atomic mass is 9.77. The van der Waals surface area contributed by atoms with Gasteiger partial charge in [-0.15, -0.1) is 0 Å². The van der Waals surface area contributed by atoms with Gasteiger partial charge in [0.1, 0.15) is 23.0 Å². The van der Waals surface area contributed by atoms with Crippen LogP contribution in [0.4, 0.5) is 0 Å². The van der Waals surface area contributed by atoms with Crippen molar-refractivity contribution in [1.29, 1.82) is 0 Å². The summed E-state index contributed by atoms with van der Waals surface area (Å²) in [7, 11) is 1.67. The minimum atomic E-state index is -0.538. The normalized spacial score (nSPS) is 11.4. The van der Waals surface area contributed by atoms with Crippen LogP contribution in [0.25, 0.3) is 0 Å². The molecular weight excluding hydrogens is 765 g/mol. The number of ether oxygens (including phenoxy) is 4. The fourth-order valence-corrected chi connectivity index (χ4v) is 7.33. The third kappa shape index (κ3) is 9.82. The van der Waals surface area contributed by atoms with E-state index in [1.54, 1.807) is 61.7 Å². The Bertz CT molecular complexity index is 2650. The molecule has 0 aromatic heterocycles. The van der Waals surface area contributed by atoms with Crippen LogP contribution in [-0.2, 0) is 22.0 Å². The molecule has 0 fully saturated rings. The number of rotatable bonds is 13. The molecule has 0 atom stereocenters. The summed E-state index contributed by atoms with van der Waals surface area (Å²) >= 11 is 0. The lowest BCUT2D eigenvalue weighted by Gasteiger charge is -2.27. The van der Waals surface area contributed by atoms with Gasteiger partial charge in [0.2, 0.25) is 0 Å². The maximum Gasteiger partial charge on any atom is 0.343 e. The van der Waals surface area contributed by atoms with Crippen LogP contribution in [0, 0.1) is 27.7 Å². The molecule has 0 bridgehead atoms. The number of carbonyl (C=O) groups excluding carboxylic acids is 4. The number of hydrogen-bond donors (Lipinski definition) is 0. The maximum absolute atomic E-state index is 13.2. The van der Waals surface area contributed by atoms with Crippen LogP contribution in [0.5, 0.6) is 23.0 Å². The summed E-state index contributed by atoms with van der Waals surface area (Å²) < 4.78 is 22.7. The zero-order valence-electron chi connectivity index (χ0n) is 36.5. The molecular formula is C53H52O8. The Morgan fingerprint density at radius 1 is 0.459 bits per heavy atom. The molecule has 0 N–H and O–H groups in total. The Labute approximate surface area is 358 Å². The summed E-state index contributed by atoms with van der Waals surface area (Å²) in [6, 6.07) is 36.8. The van der Waals surface area contributed by atoms with Gasteiger partial charge in [-0.1, -0.05) is 100 Å². The maximum atomic E-state index is 13.2. The molecule has 0 aliphatic heterocycles. The van der Waals surface area contributed by atoms with E-state index in [1.807, 2.05) is 70.2 Å². The van der Waals surface area contributed by atoms with E-state index >= 15 is 0 Å². The van der Waals surface area contributed by atoms with Crippen LogP contribution in [-0.4, -0.2) is 30.8 Å². The fraction of sp³-hybridized carbons (Fsp3) is 0.245. The first-order chi connectivity index (χ1) is 28.9. The SMILES string of the molecule is COc1ccc(C(C)(C)c2ccc(OC(=O)Cc3ccc(C(=O)Oc4ccc(C(C)(C)c5ccc(OC(=O)c6cccc(C(C)=O)c6)c(C)c5)cc4C)cc3)c(C)c2)cc1C. The number of aryl methyl sites for hydroxylation is 4. The summed E-state index contributed by atoms with van der Waals surface area (Å²) in [5.41, 5.74) is 8.84. The van der Waals surface area contributed by atoms with Crippen molar-refractivity contribution in [2.75, 3.05) is 7.11 Å². The molecule has 0 amide bonds. The first-order valence-electron chi connectivity index (χ1n) is 20.2. The molecule has 61 heavy (non-hydrogen) atoms. The number of Topliss-reactive ketones (excluding diaryl/α,β-unsaturated/α-hetero) is 1. The molecule has 0 unspecified atom stereocenters. The predicted molar refractivity (Wildman–Crippen MR) is 238 cm³/mol. The average molecular weight is 817 g/mol. The van der Waals surface area contributed by atoms with E-state index < -0.39 is 23.3 Å². The second-order valence-corrected chi connectivity index (χ2v) is 16.6. The van der Waals surface area contributed by atoms with Crippen molar-refractivity contribution in [3.05, 3.63) is 188 Å². The molecule has 0 saturated heterocycles. The Hall–Kier alpha value is -6.80. The molecule has 0 aliphatic carbocycles. The number of methoxy groups -OCH3 is 1. The number of benzene rings is 6. The van der Waals surface area contributed by atoms with Gasteiger partial charge in [-0.2, -0.15) is 0 Å². The fourth-order valence-electron chi connectivity index (χ4n) is 7.33. The standard InChI is InChI=1S/C53H52O8/c1-32-26-41(18-22-45(32)58-10)52(6,7)42-19-23-46(33(2)27-42)59-49(55)30-37-14-16-38(17-15-37)50(56)60-47-24-20-43(28-34(47)3)53(8,9)44-21-25-48(35(4)29-44)61-51(57)40-13-11-12-39(31-40)36(5)54/h11-29,31H,30H2,1-10H3. The van der Waals surface area contributed by atoms with E-state index in [-0.39, 0.29) is 17.6 Å². The number of hydrogen-bond acceptors (Lipinski definition) is 8. The summed E-state index contributed by atoms with van der Waals surface area (Å²) in [6.45, 7) is 17.7. The van der Waals surface area contributed by atoms with E-state index in [0.29, 0.717) is 39.5 Å². The molecule has 0 heterocycles. The van der Waals surface area contributed by atoms with E-state index in [9.17, 15) is 19.2 Å². The highest BCUT2D eigenvalue weighted by Gasteiger charge is 2.27. The van der Waals surface area contributed by atoms with Gasteiger partial charge >= 0.3 is 17.9 Å². The third-order valence-electron chi connectivity index (χ3n) is 11.5. The molecule has 0 saturated carbocycles. The first-order valence-corrected chi connectivity index (χ1v) is 20.2. The first kappa shape index (κ1) is 43.8. The van der Waals surface area contributed by atoms with Gasteiger partial charge in [0.15, 0.2) is 5.78 Å². The van der Waals surface area contributed by atoms with Gasteiger partial charge in [-0.3, -0.25) is 9.59 Å². The molecule has 0 aliphatic rings. The minimum absolute atomic E-state index is 0.0353. The van der Waals surface area contributed by atoms with Crippen LogP contribution < -0.4 is 18.9 Å². The van der Waals surface area contributed by atoms with Gasteiger partial charge in [-0.05, 0) is 133 Å². The third-order valence-corrected chi connectivity index (χ3v) is 11.5. The van der Waals surface area contributed by atoms with E-state index in [1.165, 1.54) is 13.0 Å². The van der Waals surface area contributed by atoms with E-state index in [0.717, 1.165) is 50.3 Å². The zero-order valence-corrected chi connectivity index (χ0v) is 36.5. The molecule has 8 heteroatoms. The van der Waals surface area contributed by atoms with Crippen molar-refractivity contribution in [1.82, 2.24) is 0 Å². The second kappa shape index (κ2) is 17.8. The minimum Gasteiger partial charge on any atom is -0.496 e. The van der Waals surface area contributed by atoms with Crippen molar-refractivity contribution in [2.24, 2.45) is 0 Å². The van der Waals surface area contributed by atoms with Crippen molar-refractivity contribution in [2.45, 2.75) is 79.6 Å². The summed E-state index contributed by atoms with van der Waals surface area (Å²) in [4.78, 5) is 50.9. The Kier molecular flexibility index (Phi) is 12.8. The lowest BCUT2D eigenvalue weighted by Crippen LogP contribution is -2.20. The monoisotopic (exact) mass is 816 g/mol. The highest BCUT2D eigenvalue weighted by Crippen LogP contribution is 2.38. The molecule has 0 spiro atoms. The molecule has 6 rings (SSSR count). The number of esters is 3. The summed E-state index contributed by atoms with van der Waals surface area (Å²) in [6.07, 6.45) is 0.0353. The largest absolute Gasteiger partial charge is 0.496 e. The van der Waals surface area contributed by atoms with Gasteiger partial charge in [0.05, 0.1) is 24.7 Å². The van der Waals surface area contributed by atoms with Gasteiger partial charge < -0.3 is 18.9 Å². The van der Waals surface area contributed by atoms with Gasteiger partial charge in [-0.25, -0.2) is 9.59 Å². The highest BCUT2D eigenvalue weighted by molar-refractivity contribution is 5.98. The van der Waals surface area contributed by atoms with Crippen LogP contribution in [0.3, 0.4) is 0 Å². The number of ketones is 1. The molecule has 312 valence electrons. The van der Waals surface area contributed by atoms with Gasteiger partial charge in [0, 0.05) is 16.4 Å². The van der Waals surface area contributed by atoms with Crippen molar-refractivity contribution < 1.29 is 38.1 Å². The smallest absolute Gasteiger partial charge is 0.343 e. The van der Waals surface area contributed by atoms with Crippen molar-refractivity contribution >= 4 is 23.7 Å². The molecule has 6 aromatic rings. The zero-order chi connectivity index (χ0) is 44.2. The summed E-state index contributed by atoms with van der Waals surface area (Å²) in [5, 5.41) is 0. The Balaban J connectivity index is 1.05. The van der Waals surface area contributed by atoms with Crippen LogP contribution in [0.1, 0.15) is 116 Å². The summed E-state index contributed by atoms with van der Waals surface area (Å²) in [5.74, 6) is 0.639. The second-order valence-electron chi connectivity index (χ2n) is 16.6. The van der Waals surface area contributed by atoms with Crippen molar-refractivity contribution in [3.63, 3.8) is 0 Å². The van der Waals surface area contributed by atoms with Crippen molar-refractivity contribution in [3.8, 4) is 23.0 Å². The Morgan fingerprint density at radius 2 is 0.852 bits per heavy atom. The van der Waals surface area contributed by atoms with E-state index in [4.69, 9.17) is 18.9 Å². The quantitative estimate of drug-likeness (QED) is 0.0644. The molecule has 0 radical (unpaired) electrons. The molecule has 8 nitrogen and oxygen atoms in total. The number of carbonyl (C=O) groups is 4. The predicted octanol–water partition coefficient (Wildman–Crippen LogP) is 11.4. The van der Waals surface area contributed by atoms with Gasteiger partial charge in [0.25, 0.3) is 0 Å². The average Bonchev–Trinajstić information content (AvgIpc) is 3.23. The van der Waals surface area contributed by atoms with Crippen LogP contribution >= 0.6 is 0 Å².